The second-order valence-electron chi connectivity index (χ2n) is 8.92. The first-order valence-corrected chi connectivity index (χ1v) is 9.30. The number of carbonyl (C=O) groups excluding carboxylic acids is 2. The lowest BCUT2D eigenvalue weighted by molar-refractivity contribution is -0.127. The maximum Gasteiger partial charge on any atom is 0.156 e. The zero-order valence-corrected chi connectivity index (χ0v) is 14.6. The van der Waals surface area contributed by atoms with Crippen molar-refractivity contribution in [3.63, 3.8) is 0 Å². The number of ketones is 2. The number of hydrogen-bond donors (Lipinski definition) is 0. The monoisotopic (exact) mass is 312 g/mol. The number of Topliss-reactive ketones (excluding diaryl/α,β-unsaturated/α-hetero) is 1. The van der Waals surface area contributed by atoms with Gasteiger partial charge in [0.15, 0.2) is 5.78 Å². The highest BCUT2D eigenvalue weighted by Crippen LogP contribution is 2.65. The van der Waals surface area contributed by atoms with Gasteiger partial charge in [-0.05, 0) is 79.3 Å². The Hall–Kier alpha value is -1.18. The lowest BCUT2D eigenvalue weighted by atomic mass is 9.48. The molecule has 23 heavy (non-hydrogen) atoms. The predicted molar refractivity (Wildman–Crippen MR) is 90.8 cm³/mol. The number of fused-ring (bicyclic) bond motifs is 5. The molecule has 4 aliphatic carbocycles. The van der Waals surface area contributed by atoms with Gasteiger partial charge in [-0.15, -0.1) is 0 Å². The van der Waals surface area contributed by atoms with E-state index in [1.165, 1.54) is 24.8 Å². The molecule has 0 amide bonds. The van der Waals surface area contributed by atoms with Crippen LogP contribution >= 0.6 is 0 Å². The van der Waals surface area contributed by atoms with Gasteiger partial charge in [-0.1, -0.05) is 26.0 Å². The third kappa shape index (κ3) is 1.99. The fourth-order valence-electron chi connectivity index (χ4n) is 6.66. The quantitative estimate of drug-likeness (QED) is 0.714. The first-order valence-electron chi connectivity index (χ1n) is 9.30. The maximum absolute atomic E-state index is 12.1. The number of hydrogen-bond acceptors (Lipinski definition) is 2. The van der Waals surface area contributed by atoms with Crippen LogP contribution < -0.4 is 0 Å². The minimum Gasteiger partial charge on any atom is -0.300 e. The Balaban J connectivity index is 1.72. The zero-order chi connectivity index (χ0) is 16.4. The van der Waals surface area contributed by atoms with Gasteiger partial charge in [0, 0.05) is 12.3 Å². The Morgan fingerprint density at radius 1 is 1.13 bits per heavy atom. The molecule has 2 saturated carbocycles. The predicted octanol–water partition coefficient (Wildman–Crippen LogP) is 4.50. The van der Waals surface area contributed by atoms with Crippen LogP contribution in [0.4, 0.5) is 0 Å². The molecule has 124 valence electrons. The summed E-state index contributed by atoms with van der Waals surface area (Å²) in [5.41, 5.74) is 1.63. The molecule has 0 radical (unpaired) electrons. The van der Waals surface area contributed by atoms with Crippen LogP contribution in [0.1, 0.15) is 59.3 Å². The van der Waals surface area contributed by atoms with Crippen LogP contribution in [0.15, 0.2) is 23.8 Å². The summed E-state index contributed by atoms with van der Waals surface area (Å²) in [5, 5.41) is 0. The zero-order valence-electron chi connectivity index (χ0n) is 14.6. The fraction of sp³-hybridized carbons (Fsp3) is 0.714. The molecule has 2 heteroatoms. The number of carbonyl (C=O) groups is 2. The van der Waals surface area contributed by atoms with Gasteiger partial charge in [0.1, 0.15) is 5.78 Å². The van der Waals surface area contributed by atoms with E-state index in [2.05, 4.69) is 26.0 Å². The molecular weight excluding hydrogens is 284 g/mol. The summed E-state index contributed by atoms with van der Waals surface area (Å²) in [7, 11) is 0. The first kappa shape index (κ1) is 15.4. The van der Waals surface area contributed by atoms with E-state index in [1.54, 1.807) is 6.92 Å². The van der Waals surface area contributed by atoms with Crippen molar-refractivity contribution in [2.45, 2.75) is 59.3 Å². The van der Waals surface area contributed by atoms with E-state index in [1.807, 2.05) is 6.08 Å². The van der Waals surface area contributed by atoms with Crippen LogP contribution in [-0.2, 0) is 9.59 Å². The molecule has 0 saturated heterocycles. The maximum atomic E-state index is 12.1. The molecule has 0 unspecified atom stereocenters. The van der Waals surface area contributed by atoms with Crippen molar-refractivity contribution in [1.82, 2.24) is 0 Å². The van der Waals surface area contributed by atoms with E-state index in [0.717, 1.165) is 12.8 Å². The largest absolute Gasteiger partial charge is 0.300 e. The van der Waals surface area contributed by atoms with Crippen LogP contribution in [0, 0.1) is 34.5 Å². The standard InChI is InChI=1S/C21H28O2/c1-13(22)17-6-7-18-16-5-4-14-12-15(23)8-10-20(14,2)19(16)9-11-21(17,18)3/h4-5,12,16-19H,6-11H2,1-3H3/t16-,17-,18+,19-,20+,21-/m0/s1. The van der Waals surface area contributed by atoms with E-state index in [9.17, 15) is 9.59 Å². The third-order valence-electron chi connectivity index (χ3n) is 8.01. The summed E-state index contributed by atoms with van der Waals surface area (Å²) in [4.78, 5) is 24.0. The van der Waals surface area contributed by atoms with Crippen molar-refractivity contribution in [2.24, 2.45) is 34.5 Å². The Bertz CT molecular complexity index is 628. The molecule has 0 aromatic heterocycles. The first-order chi connectivity index (χ1) is 10.9. The van der Waals surface area contributed by atoms with Gasteiger partial charge in [0.25, 0.3) is 0 Å². The topological polar surface area (TPSA) is 34.1 Å². The highest BCUT2D eigenvalue weighted by molar-refractivity contribution is 5.92. The van der Waals surface area contributed by atoms with Crippen molar-refractivity contribution in [3.05, 3.63) is 23.8 Å². The van der Waals surface area contributed by atoms with Gasteiger partial charge in [0.05, 0.1) is 0 Å². The molecule has 0 heterocycles. The number of allylic oxidation sites excluding steroid dienone is 4. The molecular formula is C21H28O2. The summed E-state index contributed by atoms with van der Waals surface area (Å²) in [6.07, 6.45) is 12.9. The summed E-state index contributed by atoms with van der Waals surface area (Å²) >= 11 is 0. The number of rotatable bonds is 1. The van der Waals surface area contributed by atoms with Gasteiger partial charge in [-0.3, -0.25) is 9.59 Å². The van der Waals surface area contributed by atoms with Crippen LogP contribution in [0.25, 0.3) is 0 Å². The van der Waals surface area contributed by atoms with E-state index in [-0.39, 0.29) is 16.7 Å². The summed E-state index contributed by atoms with van der Waals surface area (Å²) in [6.45, 7) is 6.54. The average Bonchev–Trinajstić information content (AvgIpc) is 2.85. The SMILES string of the molecule is CC(=O)[C@@H]1CC[C@@H]2[C@@H]3C=CC4=CC(=O)CC[C@@]4(C)[C@H]3CC[C@]21C. The van der Waals surface area contributed by atoms with E-state index in [0.29, 0.717) is 35.7 Å². The fourth-order valence-corrected chi connectivity index (χ4v) is 6.66. The van der Waals surface area contributed by atoms with Gasteiger partial charge in [-0.2, -0.15) is 0 Å². The molecule has 6 atom stereocenters. The Morgan fingerprint density at radius 3 is 2.65 bits per heavy atom. The second-order valence-corrected chi connectivity index (χ2v) is 8.92. The van der Waals surface area contributed by atoms with E-state index >= 15 is 0 Å². The van der Waals surface area contributed by atoms with Crippen LogP contribution in [0.3, 0.4) is 0 Å². The smallest absolute Gasteiger partial charge is 0.156 e. The summed E-state index contributed by atoms with van der Waals surface area (Å²) in [5.74, 6) is 2.83. The third-order valence-corrected chi connectivity index (χ3v) is 8.01. The Morgan fingerprint density at radius 2 is 1.91 bits per heavy atom. The molecule has 4 aliphatic rings. The Kier molecular flexibility index (Phi) is 3.28. The average molecular weight is 312 g/mol. The van der Waals surface area contributed by atoms with Crippen LogP contribution in [0.5, 0.6) is 0 Å². The van der Waals surface area contributed by atoms with Crippen molar-refractivity contribution in [3.8, 4) is 0 Å². The van der Waals surface area contributed by atoms with Crippen molar-refractivity contribution in [1.29, 1.82) is 0 Å². The van der Waals surface area contributed by atoms with Crippen LogP contribution in [-0.4, -0.2) is 11.6 Å². The van der Waals surface area contributed by atoms with E-state index in [4.69, 9.17) is 0 Å². The molecule has 0 bridgehead atoms. The van der Waals surface area contributed by atoms with E-state index < -0.39 is 0 Å². The minimum absolute atomic E-state index is 0.170. The summed E-state index contributed by atoms with van der Waals surface area (Å²) < 4.78 is 0. The molecule has 0 aromatic carbocycles. The lowest BCUT2D eigenvalue weighted by Gasteiger charge is -2.55. The van der Waals surface area contributed by atoms with Gasteiger partial charge < -0.3 is 0 Å². The van der Waals surface area contributed by atoms with Gasteiger partial charge in [0.2, 0.25) is 0 Å². The molecule has 0 aliphatic heterocycles. The van der Waals surface area contributed by atoms with Gasteiger partial charge in [-0.25, -0.2) is 0 Å². The van der Waals surface area contributed by atoms with Gasteiger partial charge >= 0.3 is 0 Å². The highest BCUT2D eigenvalue weighted by atomic mass is 16.1. The molecule has 0 spiro atoms. The Labute approximate surface area is 139 Å². The summed E-state index contributed by atoms with van der Waals surface area (Å²) in [6, 6.07) is 0. The van der Waals surface area contributed by atoms with Crippen molar-refractivity contribution in [2.75, 3.05) is 0 Å². The van der Waals surface area contributed by atoms with Crippen molar-refractivity contribution >= 4 is 11.6 Å². The van der Waals surface area contributed by atoms with Crippen LogP contribution in [0.2, 0.25) is 0 Å². The lowest BCUT2D eigenvalue weighted by Crippen LogP contribution is -2.49. The highest BCUT2D eigenvalue weighted by Gasteiger charge is 2.58. The second kappa shape index (κ2) is 4.91. The molecule has 2 nitrogen and oxygen atoms in total. The minimum atomic E-state index is 0.170. The normalized spacial score (nSPS) is 48.3. The molecule has 0 aromatic rings. The molecule has 2 fully saturated rings. The van der Waals surface area contributed by atoms with Crippen molar-refractivity contribution < 1.29 is 9.59 Å². The molecule has 0 N–H and O–H groups in total. The molecule has 4 rings (SSSR count).